The zero-order chi connectivity index (χ0) is 13.6. The van der Waals surface area contributed by atoms with Gasteiger partial charge in [0.05, 0.1) is 6.61 Å². The number of aromatic nitrogens is 3. The maximum absolute atomic E-state index is 11.3. The van der Waals surface area contributed by atoms with Gasteiger partial charge in [0.25, 0.3) is 15.2 Å². The largest absolute Gasteiger partial charge is 0.493 e. The van der Waals surface area contributed by atoms with Gasteiger partial charge in [0, 0.05) is 19.0 Å². The number of ether oxygens (including phenoxy) is 1. The number of sulfonamides is 1. The first kappa shape index (κ1) is 12.1. The summed E-state index contributed by atoms with van der Waals surface area (Å²) in [5, 5.41) is 12.3. The fourth-order valence-electron chi connectivity index (χ4n) is 2.14. The molecule has 2 aromatic rings. The molecule has 0 saturated heterocycles. The third-order valence-corrected chi connectivity index (χ3v) is 3.90. The second-order valence-electron chi connectivity index (χ2n) is 4.33. The number of primary sulfonamides is 1. The van der Waals surface area contributed by atoms with Crippen LogP contribution in [-0.4, -0.2) is 29.8 Å². The predicted octanol–water partition coefficient (Wildman–Crippen LogP) is 0.0644. The fraction of sp³-hybridized carbons (Fsp3) is 0.273. The lowest BCUT2D eigenvalue weighted by atomic mass is 10.1. The van der Waals surface area contributed by atoms with Crippen molar-refractivity contribution in [3.63, 3.8) is 0 Å². The Morgan fingerprint density at radius 2 is 2.16 bits per heavy atom. The number of rotatable bonds is 2. The first-order chi connectivity index (χ1) is 8.97. The minimum atomic E-state index is -3.87. The second kappa shape index (κ2) is 4.04. The highest BCUT2D eigenvalue weighted by molar-refractivity contribution is 7.89. The SMILES string of the molecule is Cn1c(-c2ccc3c(c2)CCO3)nnc1S(N)(=O)=O. The Kier molecular flexibility index (Phi) is 2.58. The molecule has 3 rings (SSSR count). The van der Waals surface area contributed by atoms with Gasteiger partial charge in [0.15, 0.2) is 5.82 Å². The Labute approximate surface area is 110 Å². The predicted molar refractivity (Wildman–Crippen MR) is 67.0 cm³/mol. The highest BCUT2D eigenvalue weighted by Crippen LogP contribution is 2.29. The third kappa shape index (κ3) is 1.98. The molecule has 1 aromatic carbocycles. The van der Waals surface area contributed by atoms with E-state index in [1.54, 1.807) is 7.05 Å². The minimum absolute atomic E-state index is 0.251. The van der Waals surface area contributed by atoms with E-state index in [9.17, 15) is 8.42 Å². The van der Waals surface area contributed by atoms with E-state index in [0.29, 0.717) is 12.4 Å². The highest BCUT2D eigenvalue weighted by Gasteiger charge is 2.21. The summed E-state index contributed by atoms with van der Waals surface area (Å²) in [5.41, 5.74) is 1.87. The van der Waals surface area contributed by atoms with Crippen molar-refractivity contribution in [2.45, 2.75) is 11.6 Å². The van der Waals surface area contributed by atoms with Crippen molar-refractivity contribution in [1.29, 1.82) is 0 Å². The molecule has 0 atom stereocenters. The molecule has 0 amide bonds. The number of hydrogen-bond donors (Lipinski definition) is 1. The van der Waals surface area contributed by atoms with Gasteiger partial charge in [0.1, 0.15) is 5.75 Å². The van der Waals surface area contributed by atoms with E-state index in [0.717, 1.165) is 23.3 Å². The molecular formula is C11H12N4O3S. The summed E-state index contributed by atoms with van der Waals surface area (Å²) < 4.78 is 29.4. The third-order valence-electron chi connectivity index (χ3n) is 3.04. The normalized spacial score (nSPS) is 14.2. The average Bonchev–Trinajstić information content (AvgIpc) is 2.92. The molecule has 100 valence electrons. The molecule has 8 heteroatoms. The van der Waals surface area contributed by atoms with Crippen LogP contribution < -0.4 is 9.88 Å². The quantitative estimate of drug-likeness (QED) is 0.838. The Morgan fingerprint density at radius 3 is 2.84 bits per heavy atom. The summed E-state index contributed by atoms with van der Waals surface area (Å²) >= 11 is 0. The zero-order valence-electron chi connectivity index (χ0n) is 10.2. The van der Waals surface area contributed by atoms with Crippen LogP contribution in [0.3, 0.4) is 0 Å². The van der Waals surface area contributed by atoms with Crippen molar-refractivity contribution in [3.05, 3.63) is 23.8 Å². The van der Waals surface area contributed by atoms with Gasteiger partial charge >= 0.3 is 0 Å². The number of nitrogens with two attached hydrogens (primary N) is 1. The van der Waals surface area contributed by atoms with E-state index >= 15 is 0 Å². The Balaban J connectivity index is 2.11. The van der Waals surface area contributed by atoms with E-state index in [-0.39, 0.29) is 5.16 Å². The molecule has 1 aromatic heterocycles. The first-order valence-corrected chi connectivity index (χ1v) is 7.20. The van der Waals surface area contributed by atoms with Crippen molar-refractivity contribution >= 4 is 10.0 Å². The summed E-state index contributed by atoms with van der Waals surface area (Å²) in [6.07, 6.45) is 0.836. The van der Waals surface area contributed by atoms with Crippen LogP contribution in [0.4, 0.5) is 0 Å². The van der Waals surface area contributed by atoms with Gasteiger partial charge in [-0.25, -0.2) is 13.6 Å². The lowest BCUT2D eigenvalue weighted by molar-refractivity contribution is 0.357. The summed E-state index contributed by atoms with van der Waals surface area (Å²) in [5.74, 6) is 1.32. The van der Waals surface area contributed by atoms with E-state index in [1.165, 1.54) is 4.57 Å². The zero-order valence-corrected chi connectivity index (χ0v) is 11.0. The van der Waals surface area contributed by atoms with Gasteiger partial charge in [-0.15, -0.1) is 10.2 Å². The van der Waals surface area contributed by atoms with Crippen molar-refractivity contribution in [1.82, 2.24) is 14.8 Å². The van der Waals surface area contributed by atoms with E-state index in [2.05, 4.69) is 10.2 Å². The summed E-state index contributed by atoms with van der Waals surface area (Å²) in [6, 6.07) is 5.60. The van der Waals surface area contributed by atoms with Gasteiger partial charge in [-0.2, -0.15) is 0 Å². The fourth-order valence-corrected chi connectivity index (χ4v) is 2.76. The van der Waals surface area contributed by atoms with E-state index < -0.39 is 10.0 Å². The van der Waals surface area contributed by atoms with Gasteiger partial charge < -0.3 is 4.74 Å². The monoisotopic (exact) mass is 280 g/mol. The molecule has 0 radical (unpaired) electrons. The van der Waals surface area contributed by atoms with Crippen molar-refractivity contribution < 1.29 is 13.2 Å². The number of hydrogen-bond acceptors (Lipinski definition) is 5. The lowest BCUT2D eigenvalue weighted by Gasteiger charge is -2.04. The van der Waals surface area contributed by atoms with E-state index in [4.69, 9.17) is 9.88 Å². The van der Waals surface area contributed by atoms with Gasteiger partial charge in [0.2, 0.25) is 0 Å². The van der Waals surface area contributed by atoms with Crippen LogP contribution in [0.15, 0.2) is 23.4 Å². The van der Waals surface area contributed by atoms with Crippen LogP contribution in [0.1, 0.15) is 5.56 Å². The average molecular weight is 280 g/mol. The van der Waals surface area contributed by atoms with Crippen LogP contribution in [0, 0.1) is 0 Å². The Morgan fingerprint density at radius 1 is 1.37 bits per heavy atom. The van der Waals surface area contributed by atoms with Crippen LogP contribution >= 0.6 is 0 Å². The molecule has 2 heterocycles. The van der Waals surface area contributed by atoms with Crippen molar-refractivity contribution in [2.75, 3.05) is 6.61 Å². The minimum Gasteiger partial charge on any atom is -0.493 e. The molecular weight excluding hydrogens is 268 g/mol. The van der Waals surface area contributed by atoms with Gasteiger partial charge in [-0.3, -0.25) is 4.57 Å². The van der Waals surface area contributed by atoms with Crippen LogP contribution in [0.2, 0.25) is 0 Å². The van der Waals surface area contributed by atoms with Crippen LogP contribution in [0.5, 0.6) is 5.75 Å². The Hall–Kier alpha value is -1.93. The maximum atomic E-state index is 11.3. The first-order valence-electron chi connectivity index (χ1n) is 5.65. The number of benzene rings is 1. The number of nitrogens with zero attached hydrogens (tertiary/aromatic N) is 3. The van der Waals surface area contributed by atoms with Gasteiger partial charge in [-0.1, -0.05) is 0 Å². The number of fused-ring (bicyclic) bond motifs is 1. The van der Waals surface area contributed by atoms with Crippen LogP contribution in [0.25, 0.3) is 11.4 Å². The molecule has 0 aliphatic carbocycles. The molecule has 0 spiro atoms. The smallest absolute Gasteiger partial charge is 0.273 e. The summed E-state index contributed by atoms with van der Waals surface area (Å²) in [7, 11) is -2.30. The Bertz CT molecular complexity index is 751. The van der Waals surface area contributed by atoms with Gasteiger partial charge in [-0.05, 0) is 23.8 Å². The molecule has 19 heavy (non-hydrogen) atoms. The van der Waals surface area contributed by atoms with Crippen LogP contribution in [-0.2, 0) is 23.5 Å². The molecule has 0 saturated carbocycles. The molecule has 1 aliphatic rings. The topological polar surface area (TPSA) is 100 Å². The maximum Gasteiger partial charge on any atom is 0.273 e. The molecule has 2 N–H and O–H groups in total. The molecule has 0 unspecified atom stereocenters. The summed E-state index contributed by atoms with van der Waals surface area (Å²) in [6.45, 7) is 0.667. The molecule has 7 nitrogen and oxygen atoms in total. The molecule has 0 bridgehead atoms. The molecule has 1 aliphatic heterocycles. The molecule has 0 fully saturated rings. The lowest BCUT2D eigenvalue weighted by Crippen LogP contribution is -2.17. The van der Waals surface area contributed by atoms with E-state index in [1.807, 2.05) is 18.2 Å². The van der Waals surface area contributed by atoms with Crippen molar-refractivity contribution in [2.24, 2.45) is 12.2 Å². The second-order valence-corrected chi connectivity index (χ2v) is 5.79. The standard InChI is InChI=1S/C11H12N4O3S/c1-15-10(13-14-11(15)19(12,16)17)8-2-3-9-7(6-8)4-5-18-9/h2-3,6H,4-5H2,1H3,(H2,12,16,17). The highest BCUT2D eigenvalue weighted by atomic mass is 32.2. The van der Waals surface area contributed by atoms with Crippen molar-refractivity contribution in [3.8, 4) is 17.1 Å². The summed E-state index contributed by atoms with van der Waals surface area (Å²) in [4.78, 5) is 0.